The maximum atomic E-state index is 7.70. The standard InChI is InChI=1S/C49H33N5O/c1-49(2)40-28-34(33-19-23-42-38(27-33)39-30-36(50-3)22-24-43(39)54(42)37-17-11-6-12-18-37)20-25-44(40)55-45-26-21-35(29-41(45)49)48-52-46(31-13-7-4-8-14-31)51-47(53-48)32-15-9-5-10-16-32/h4-30H,1-2H3. The van der Waals surface area contributed by atoms with Crippen molar-refractivity contribution in [1.82, 2.24) is 19.5 Å². The molecule has 260 valence electrons. The molecule has 0 saturated carbocycles. The minimum atomic E-state index is -0.398. The predicted octanol–water partition coefficient (Wildman–Crippen LogP) is 12.6. The van der Waals surface area contributed by atoms with Crippen LogP contribution >= 0.6 is 0 Å². The van der Waals surface area contributed by atoms with Crippen LogP contribution in [0, 0.1) is 6.57 Å². The zero-order valence-electron chi connectivity index (χ0n) is 30.2. The van der Waals surface area contributed by atoms with Crippen LogP contribution in [0.25, 0.3) is 77.6 Å². The Hall–Kier alpha value is -7.36. The quantitative estimate of drug-likeness (QED) is 0.167. The molecule has 7 aromatic carbocycles. The summed E-state index contributed by atoms with van der Waals surface area (Å²) < 4.78 is 8.88. The zero-order valence-corrected chi connectivity index (χ0v) is 30.2. The maximum Gasteiger partial charge on any atom is 0.188 e. The van der Waals surface area contributed by atoms with Crippen LogP contribution in [-0.4, -0.2) is 19.5 Å². The second-order valence-electron chi connectivity index (χ2n) is 14.4. The molecule has 0 spiro atoms. The van der Waals surface area contributed by atoms with Gasteiger partial charge in [-0.25, -0.2) is 19.8 Å². The van der Waals surface area contributed by atoms with Gasteiger partial charge in [0.25, 0.3) is 0 Å². The second kappa shape index (κ2) is 12.6. The van der Waals surface area contributed by atoms with Gasteiger partial charge in [-0.05, 0) is 83.2 Å². The summed E-state index contributed by atoms with van der Waals surface area (Å²) in [6, 6.07) is 55.8. The molecule has 6 heteroatoms. The Labute approximate surface area is 318 Å². The molecular formula is C49H33N5O. The van der Waals surface area contributed by atoms with Crippen LogP contribution in [0.1, 0.15) is 25.0 Å². The van der Waals surface area contributed by atoms with Gasteiger partial charge in [0.2, 0.25) is 0 Å². The summed E-state index contributed by atoms with van der Waals surface area (Å²) in [4.78, 5) is 18.6. The van der Waals surface area contributed by atoms with Crippen molar-refractivity contribution in [2.45, 2.75) is 19.3 Å². The van der Waals surface area contributed by atoms with E-state index < -0.39 is 5.41 Å². The van der Waals surface area contributed by atoms with Gasteiger partial charge < -0.3 is 9.30 Å². The van der Waals surface area contributed by atoms with Gasteiger partial charge in [-0.2, -0.15) is 0 Å². The first-order valence-corrected chi connectivity index (χ1v) is 18.3. The SMILES string of the molecule is [C-]#[N+]c1ccc2c(c1)c1cc(-c3ccc4c(c3)C(C)(C)c3cc(-c5nc(-c6ccccc6)nc(-c6ccccc6)n5)ccc3O4)ccc1n2-c1ccccc1. The van der Waals surface area contributed by atoms with E-state index in [1.807, 2.05) is 91.0 Å². The van der Waals surface area contributed by atoms with E-state index in [4.69, 9.17) is 26.3 Å². The van der Waals surface area contributed by atoms with E-state index in [1.165, 1.54) is 0 Å². The number of rotatable bonds is 5. The number of nitrogens with zero attached hydrogens (tertiary/aromatic N) is 5. The Kier molecular flexibility index (Phi) is 7.43. The number of hydrogen-bond donors (Lipinski definition) is 0. The fourth-order valence-electron chi connectivity index (χ4n) is 7.85. The topological polar surface area (TPSA) is 57.2 Å². The monoisotopic (exact) mass is 707 g/mol. The number of para-hydroxylation sites is 1. The lowest BCUT2D eigenvalue weighted by Crippen LogP contribution is -2.24. The molecule has 0 radical (unpaired) electrons. The van der Waals surface area contributed by atoms with Gasteiger partial charge in [-0.15, -0.1) is 0 Å². The molecule has 0 saturated heterocycles. The van der Waals surface area contributed by atoms with Gasteiger partial charge >= 0.3 is 0 Å². The normalized spacial score (nSPS) is 12.8. The van der Waals surface area contributed by atoms with E-state index in [2.05, 4.69) is 96.1 Å². The lowest BCUT2D eigenvalue weighted by Gasteiger charge is -2.35. The van der Waals surface area contributed by atoms with Crippen molar-refractivity contribution in [3.05, 3.63) is 186 Å². The molecule has 10 rings (SSSR count). The molecule has 9 aromatic rings. The Bertz CT molecular complexity index is 2920. The molecule has 1 aliphatic heterocycles. The molecule has 2 aromatic heterocycles. The highest BCUT2D eigenvalue weighted by Gasteiger charge is 2.35. The first-order chi connectivity index (χ1) is 26.9. The van der Waals surface area contributed by atoms with Gasteiger partial charge in [0, 0.05) is 44.3 Å². The van der Waals surface area contributed by atoms with Crippen LogP contribution in [0.5, 0.6) is 11.5 Å². The third-order valence-electron chi connectivity index (χ3n) is 10.7. The Morgan fingerprint density at radius 2 is 0.964 bits per heavy atom. The van der Waals surface area contributed by atoms with E-state index in [0.29, 0.717) is 23.2 Å². The third kappa shape index (κ3) is 5.45. The molecule has 0 bridgehead atoms. The lowest BCUT2D eigenvalue weighted by atomic mass is 9.74. The molecule has 0 aliphatic carbocycles. The second-order valence-corrected chi connectivity index (χ2v) is 14.4. The molecule has 0 fully saturated rings. The highest BCUT2D eigenvalue weighted by molar-refractivity contribution is 6.11. The molecular weight excluding hydrogens is 675 g/mol. The van der Waals surface area contributed by atoms with Gasteiger partial charge in [-0.3, -0.25) is 0 Å². The molecule has 1 aliphatic rings. The van der Waals surface area contributed by atoms with Gasteiger partial charge in [0.15, 0.2) is 23.2 Å². The number of hydrogen-bond acceptors (Lipinski definition) is 4. The first kappa shape index (κ1) is 32.3. The summed E-state index contributed by atoms with van der Waals surface area (Å²) in [5, 5.41) is 2.16. The summed E-state index contributed by atoms with van der Waals surface area (Å²) in [5.41, 5.74) is 10.6. The molecule has 0 amide bonds. The van der Waals surface area contributed by atoms with Crippen molar-refractivity contribution in [2.75, 3.05) is 0 Å². The van der Waals surface area contributed by atoms with E-state index in [0.717, 1.165) is 77.9 Å². The van der Waals surface area contributed by atoms with E-state index in [1.54, 1.807) is 0 Å². The highest BCUT2D eigenvalue weighted by Crippen LogP contribution is 2.50. The smallest absolute Gasteiger partial charge is 0.188 e. The minimum absolute atomic E-state index is 0.398. The number of ether oxygens (including phenoxy) is 1. The molecule has 3 heterocycles. The number of aromatic nitrogens is 4. The zero-order chi connectivity index (χ0) is 37.1. The van der Waals surface area contributed by atoms with Crippen molar-refractivity contribution in [2.24, 2.45) is 0 Å². The van der Waals surface area contributed by atoms with Crippen LogP contribution in [0.3, 0.4) is 0 Å². The summed E-state index contributed by atoms with van der Waals surface area (Å²) in [6.07, 6.45) is 0. The maximum absolute atomic E-state index is 7.70. The Morgan fingerprint density at radius 3 is 1.56 bits per heavy atom. The van der Waals surface area contributed by atoms with Crippen LogP contribution in [0.2, 0.25) is 0 Å². The number of fused-ring (bicyclic) bond motifs is 5. The van der Waals surface area contributed by atoms with Gasteiger partial charge in [0.1, 0.15) is 11.5 Å². The number of benzene rings is 7. The predicted molar refractivity (Wildman–Crippen MR) is 221 cm³/mol. The molecule has 0 atom stereocenters. The largest absolute Gasteiger partial charge is 0.457 e. The van der Waals surface area contributed by atoms with Crippen molar-refractivity contribution in [3.8, 4) is 62.5 Å². The Morgan fingerprint density at radius 1 is 0.491 bits per heavy atom. The fraction of sp³-hybridized carbons (Fsp3) is 0.0612. The lowest BCUT2D eigenvalue weighted by molar-refractivity contribution is 0.418. The van der Waals surface area contributed by atoms with Crippen molar-refractivity contribution in [3.63, 3.8) is 0 Å². The summed E-state index contributed by atoms with van der Waals surface area (Å²) in [7, 11) is 0. The van der Waals surface area contributed by atoms with E-state index >= 15 is 0 Å². The summed E-state index contributed by atoms with van der Waals surface area (Å²) in [6.45, 7) is 12.2. The van der Waals surface area contributed by atoms with E-state index in [9.17, 15) is 0 Å². The minimum Gasteiger partial charge on any atom is -0.457 e. The fourth-order valence-corrected chi connectivity index (χ4v) is 7.85. The molecule has 0 unspecified atom stereocenters. The van der Waals surface area contributed by atoms with Crippen molar-refractivity contribution in [1.29, 1.82) is 0 Å². The highest BCUT2D eigenvalue weighted by atomic mass is 16.5. The Balaban J connectivity index is 1.07. The van der Waals surface area contributed by atoms with E-state index in [-0.39, 0.29) is 0 Å². The molecule has 0 N–H and O–H groups in total. The van der Waals surface area contributed by atoms with Crippen LogP contribution in [0.4, 0.5) is 5.69 Å². The molecule has 6 nitrogen and oxygen atoms in total. The third-order valence-corrected chi connectivity index (χ3v) is 10.7. The van der Waals surface area contributed by atoms with Crippen molar-refractivity contribution >= 4 is 27.5 Å². The first-order valence-electron chi connectivity index (χ1n) is 18.3. The molecule has 55 heavy (non-hydrogen) atoms. The van der Waals surface area contributed by atoms with Gasteiger partial charge in [-0.1, -0.05) is 111 Å². The van der Waals surface area contributed by atoms with Crippen LogP contribution in [-0.2, 0) is 5.41 Å². The summed E-state index contributed by atoms with van der Waals surface area (Å²) >= 11 is 0. The van der Waals surface area contributed by atoms with Crippen molar-refractivity contribution < 1.29 is 4.74 Å². The van der Waals surface area contributed by atoms with Crippen LogP contribution in [0.15, 0.2) is 164 Å². The summed E-state index contributed by atoms with van der Waals surface area (Å²) in [5.74, 6) is 3.52. The van der Waals surface area contributed by atoms with Crippen LogP contribution < -0.4 is 4.74 Å². The van der Waals surface area contributed by atoms with Gasteiger partial charge in [0.05, 0.1) is 17.6 Å². The average molecular weight is 708 g/mol. The average Bonchev–Trinajstić information content (AvgIpc) is 3.57.